The molecule has 0 spiro atoms. The predicted octanol–water partition coefficient (Wildman–Crippen LogP) is 5.66. The third-order valence-corrected chi connectivity index (χ3v) is 3.28. The summed E-state index contributed by atoms with van der Waals surface area (Å²) in [6.45, 7) is 2.94. The van der Waals surface area contributed by atoms with E-state index in [1.807, 2.05) is 0 Å². The van der Waals surface area contributed by atoms with Crippen LogP contribution in [-0.2, 0) is 6.18 Å². The molecule has 0 radical (unpaired) electrons. The number of Topliss-reactive ketones (excluding diaryl/α,β-unsaturated/α-hetero) is 1. The van der Waals surface area contributed by atoms with Crippen LogP contribution in [0.1, 0.15) is 28.4 Å². The molecule has 0 aliphatic rings. The fraction of sp³-hybridized carbons (Fsp3) is 0.188. The van der Waals surface area contributed by atoms with E-state index in [9.17, 15) is 18.0 Å². The number of benzene rings is 2. The Hall–Kier alpha value is -2.01. The average molecular weight is 329 g/mol. The molecule has 22 heavy (non-hydrogen) atoms. The number of hydrogen-bond acceptors (Lipinski definition) is 2. The van der Waals surface area contributed by atoms with Crippen LogP contribution in [-0.4, -0.2) is 5.78 Å². The van der Waals surface area contributed by atoms with Crippen molar-refractivity contribution in [3.63, 3.8) is 0 Å². The van der Waals surface area contributed by atoms with Crippen LogP contribution in [0.15, 0.2) is 36.4 Å². The molecular weight excluding hydrogens is 317 g/mol. The van der Waals surface area contributed by atoms with Crippen LogP contribution in [0.3, 0.4) is 0 Å². The lowest BCUT2D eigenvalue weighted by Gasteiger charge is -2.14. The van der Waals surface area contributed by atoms with E-state index in [4.69, 9.17) is 16.3 Å². The molecule has 0 aliphatic carbocycles. The van der Waals surface area contributed by atoms with E-state index in [2.05, 4.69) is 0 Å². The maximum absolute atomic E-state index is 12.7. The zero-order valence-corrected chi connectivity index (χ0v) is 12.5. The third kappa shape index (κ3) is 3.60. The number of hydrogen-bond donors (Lipinski definition) is 0. The van der Waals surface area contributed by atoms with Gasteiger partial charge >= 0.3 is 6.18 Å². The number of halogens is 4. The smallest absolute Gasteiger partial charge is 0.416 e. The second kappa shape index (κ2) is 6.01. The van der Waals surface area contributed by atoms with E-state index < -0.39 is 17.5 Å². The first-order chi connectivity index (χ1) is 10.2. The Labute approximate surface area is 130 Å². The number of ether oxygens (including phenoxy) is 1. The zero-order chi connectivity index (χ0) is 16.5. The Bertz CT molecular complexity index is 724. The number of alkyl halides is 3. The SMILES string of the molecule is CC(=O)c1cc(C(F)(F)F)ccc1Oc1ccc(Cl)cc1C. The Kier molecular flexibility index (Phi) is 4.47. The van der Waals surface area contributed by atoms with E-state index in [-0.39, 0.29) is 11.3 Å². The quantitative estimate of drug-likeness (QED) is 0.679. The van der Waals surface area contributed by atoms with Crippen LogP contribution in [0.25, 0.3) is 0 Å². The van der Waals surface area contributed by atoms with Crippen LogP contribution in [0.4, 0.5) is 13.2 Å². The van der Waals surface area contributed by atoms with Crippen molar-refractivity contribution in [3.05, 3.63) is 58.1 Å². The Morgan fingerprint density at radius 1 is 1.09 bits per heavy atom. The zero-order valence-electron chi connectivity index (χ0n) is 11.8. The molecule has 0 saturated heterocycles. The van der Waals surface area contributed by atoms with Crippen molar-refractivity contribution in [2.75, 3.05) is 0 Å². The Balaban J connectivity index is 2.44. The fourth-order valence-corrected chi connectivity index (χ4v) is 2.14. The van der Waals surface area contributed by atoms with Crippen molar-refractivity contribution < 1.29 is 22.7 Å². The highest BCUT2D eigenvalue weighted by atomic mass is 35.5. The second-order valence-electron chi connectivity index (χ2n) is 4.78. The topological polar surface area (TPSA) is 26.3 Å². The molecular formula is C16H12ClF3O2. The molecule has 0 unspecified atom stereocenters. The summed E-state index contributed by atoms with van der Waals surface area (Å²) in [6.07, 6.45) is -4.51. The molecule has 2 nitrogen and oxygen atoms in total. The van der Waals surface area contributed by atoms with E-state index >= 15 is 0 Å². The van der Waals surface area contributed by atoms with Crippen LogP contribution in [0.2, 0.25) is 5.02 Å². The van der Waals surface area contributed by atoms with Crippen LogP contribution in [0, 0.1) is 6.92 Å². The summed E-state index contributed by atoms with van der Waals surface area (Å²) in [6, 6.07) is 7.68. The molecule has 0 bridgehead atoms. The molecule has 0 heterocycles. The van der Waals surface area contributed by atoms with Gasteiger partial charge in [0.15, 0.2) is 5.78 Å². The molecule has 0 saturated carbocycles. The van der Waals surface area contributed by atoms with E-state index in [0.29, 0.717) is 16.3 Å². The lowest BCUT2D eigenvalue weighted by Crippen LogP contribution is -2.07. The number of rotatable bonds is 3. The summed E-state index contributed by atoms with van der Waals surface area (Å²) < 4.78 is 43.8. The normalized spacial score (nSPS) is 11.4. The van der Waals surface area contributed by atoms with Crippen molar-refractivity contribution in [3.8, 4) is 11.5 Å². The molecule has 0 aromatic heterocycles. The van der Waals surface area contributed by atoms with Crippen molar-refractivity contribution in [1.82, 2.24) is 0 Å². The van der Waals surface area contributed by atoms with Gasteiger partial charge in [-0.25, -0.2) is 0 Å². The highest BCUT2D eigenvalue weighted by Gasteiger charge is 2.31. The first kappa shape index (κ1) is 16.4. The Morgan fingerprint density at radius 3 is 2.27 bits per heavy atom. The molecule has 2 aromatic rings. The van der Waals surface area contributed by atoms with Gasteiger partial charge in [0.2, 0.25) is 0 Å². The fourth-order valence-electron chi connectivity index (χ4n) is 1.92. The molecule has 6 heteroatoms. The lowest BCUT2D eigenvalue weighted by molar-refractivity contribution is -0.137. The van der Waals surface area contributed by atoms with Crippen molar-refractivity contribution in [2.45, 2.75) is 20.0 Å². The first-order valence-electron chi connectivity index (χ1n) is 6.34. The molecule has 0 amide bonds. The molecule has 0 N–H and O–H groups in total. The van der Waals surface area contributed by atoms with Gasteiger partial charge in [0, 0.05) is 5.02 Å². The van der Waals surface area contributed by atoms with Gasteiger partial charge in [0.05, 0.1) is 11.1 Å². The van der Waals surface area contributed by atoms with Crippen molar-refractivity contribution in [1.29, 1.82) is 0 Å². The van der Waals surface area contributed by atoms with E-state index in [0.717, 1.165) is 18.2 Å². The second-order valence-corrected chi connectivity index (χ2v) is 5.21. The summed E-state index contributed by atoms with van der Waals surface area (Å²) in [7, 11) is 0. The maximum atomic E-state index is 12.7. The van der Waals surface area contributed by atoms with E-state index in [1.165, 1.54) is 6.92 Å². The van der Waals surface area contributed by atoms with Gasteiger partial charge < -0.3 is 4.74 Å². The highest BCUT2D eigenvalue weighted by molar-refractivity contribution is 6.30. The molecule has 0 atom stereocenters. The minimum Gasteiger partial charge on any atom is -0.456 e. The monoisotopic (exact) mass is 328 g/mol. The molecule has 2 rings (SSSR count). The summed E-state index contributed by atoms with van der Waals surface area (Å²) in [5.74, 6) is -0.00898. The standard InChI is InChI=1S/C16H12ClF3O2/c1-9-7-12(17)4-6-14(9)22-15-5-3-11(16(18,19)20)8-13(15)10(2)21/h3-8H,1-2H3. The summed E-state index contributed by atoms with van der Waals surface area (Å²) in [5.41, 5.74) is -0.302. The van der Waals surface area contributed by atoms with Gasteiger partial charge in [-0.15, -0.1) is 0 Å². The van der Waals surface area contributed by atoms with Gasteiger partial charge in [0.25, 0.3) is 0 Å². The number of carbonyl (C=O) groups is 1. The first-order valence-corrected chi connectivity index (χ1v) is 6.72. The van der Waals surface area contributed by atoms with Gasteiger partial charge in [-0.3, -0.25) is 4.79 Å². The van der Waals surface area contributed by atoms with E-state index in [1.54, 1.807) is 25.1 Å². The lowest BCUT2D eigenvalue weighted by atomic mass is 10.1. The highest BCUT2D eigenvalue weighted by Crippen LogP contribution is 2.35. The Morgan fingerprint density at radius 2 is 1.73 bits per heavy atom. The molecule has 0 fully saturated rings. The van der Waals surface area contributed by atoms with Gasteiger partial charge in [-0.1, -0.05) is 11.6 Å². The maximum Gasteiger partial charge on any atom is 0.416 e. The number of carbonyl (C=O) groups excluding carboxylic acids is 1. The summed E-state index contributed by atoms with van der Waals surface area (Å²) in [5, 5.41) is 0.518. The van der Waals surface area contributed by atoms with Crippen LogP contribution >= 0.6 is 11.6 Å². The predicted molar refractivity (Wildman–Crippen MR) is 77.7 cm³/mol. The van der Waals surface area contributed by atoms with Crippen LogP contribution in [0.5, 0.6) is 11.5 Å². The summed E-state index contributed by atoms with van der Waals surface area (Å²) >= 11 is 5.84. The molecule has 0 aliphatic heterocycles. The van der Waals surface area contributed by atoms with Crippen molar-refractivity contribution >= 4 is 17.4 Å². The largest absolute Gasteiger partial charge is 0.456 e. The van der Waals surface area contributed by atoms with Gasteiger partial charge in [-0.2, -0.15) is 13.2 Å². The number of ketones is 1. The third-order valence-electron chi connectivity index (χ3n) is 3.04. The minimum absolute atomic E-state index is 0.0749. The van der Waals surface area contributed by atoms with Crippen molar-refractivity contribution in [2.24, 2.45) is 0 Å². The minimum atomic E-state index is -4.51. The average Bonchev–Trinajstić information content (AvgIpc) is 2.40. The van der Waals surface area contributed by atoms with Gasteiger partial charge in [-0.05, 0) is 55.8 Å². The summed E-state index contributed by atoms with van der Waals surface area (Å²) in [4.78, 5) is 11.6. The van der Waals surface area contributed by atoms with Crippen LogP contribution < -0.4 is 4.74 Å². The molecule has 2 aromatic carbocycles. The van der Waals surface area contributed by atoms with Gasteiger partial charge in [0.1, 0.15) is 11.5 Å². The number of aryl methyl sites for hydroxylation is 1. The molecule has 116 valence electrons.